The SMILES string of the molecule is Cc1ccc2cc(-c3ccc(Cl)cc3N)ccc2n1. The Morgan fingerprint density at radius 2 is 1.84 bits per heavy atom. The van der Waals surface area contributed by atoms with Crippen molar-refractivity contribution in [1.29, 1.82) is 0 Å². The molecule has 94 valence electrons. The smallest absolute Gasteiger partial charge is 0.0705 e. The number of nitrogens with zero attached hydrogens (tertiary/aromatic N) is 1. The molecule has 0 bridgehead atoms. The first kappa shape index (κ1) is 12.0. The number of halogens is 1. The van der Waals surface area contributed by atoms with Crippen LogP contribution in [-0.4, -0.2) is 4.98 Å². The highest BCUT2D eigenvalue weighted by Crippen LogP contribution is 2.30. The second-order valence-corrected chi connectivity index (χ2v) is 5.03. The van der Waals surface area contributed by atoms with Gasteiger partial charge < -0.3 is 5.73 Å². The molecule has 0 atom stereocenters. The third-order valence-corrected chi connectivity index (χ3v) is 3.39. The van der Waals surface area contributed by atoms with Crippen molar-refractivity contribution < 1.29 is 0 Å². The Morgan fingerprint density at radius 1 is 1.00 bits per heavy atom. The molecule has 0 saturated carbocycles. The largest absolute Gasteiger partial charge is 0.398 e. The fourth-order valence-electron chi connectivity index (χ4n) is 2.19. The van der Waals surface area contributed by atoms with Gasteiger partial charge in [-0.25, -0.2) is 0 Å². The number of pyridine rings is 1. The van der Waals surface area contributed by atoms with E-state index in [-0.39, 0.29) is 0 Å². The minimum Gasteiger partial charge on any atom is -0.398 e. The van der Waals surface area contributed by atoms with Crippen LogP contribution in [0.3, 0.4) is 0 Å². The van der Waals surface area contributed by atoms with Gasteiger partial charge in [0.15, 0.2) is 0 Å². The molecule has 0 aliphatic carbocycles. The molecule has 0 saturated heterocycles. The number of hydrogen-bond acceptors (Lipinski definition) is 2. The van der Waals surface area contributed by atoms with E-state index in [0.717, 1.165) is 27.7 Å². The topological polar surface area (TPSA) is 38.9 Å². The molecule has 19 heavy (non-hydrogen) atoms. The Labute approximate surface area is 116 Å². The average molecular weight is 269 g/mol. The van der Waals surface area contributed by atoms with Crippen molar-refractivity contribution in [3.05, 3.63) is 59.2 Å². The Kier molecular flexibility index (Phi) is 2.88. The number of nitrogen functional groups attached to an aromatic ring is 1. The molecule has 0 amide bonds. The van der Waals surface area contributed by atoms with Gasteiger partial charge in [0.25, 0.3) is 0 Å². The average Bonchev–Trinajstić information content (AvgIpc) is 2.38. The molecule has 3 heteroatoms. The number of rotatable bonds is 1. The minimum atomic E-state index is 0.652. The van der Waals surface area contributed by atoms with Gasteiger partial charge >= 0.3 is 0 Å². The Morgan fingerprint density at radius 3 is 2.63 bits per heavy atom. The van der Waals surface area contributed by atoms with Crippen LogP contribution >= 0.6 is 11.6 Å². The Hall–Kier alpha value is -2.06. The molecule has 0 aliphatic rings. The summed E-state index contributed by atoms with van der Waals surface area (Å²) >= 11 is 5.93. The van der Waals surface area contributed by atoms with Crippen LogP contribution in [0.4, 0.5) is 5.69 Å². The molecule has 2 N–H and O–H groups in total. The maximum absolute atomic E-state index is 6.02. The van der Waals surface area contributed by atoms with Gasteiger partial charge in [-0.3, -0.25) is 4.98 Å². The van der Waals surface area contributed by atoms with E-state index < -0.39 is 0 Å². The van der Waals surface area contributed by atoms with Gasteiger partial charge in [-0.1, -0.05) is 29.8 Å². The van der Waals surface area contributed by atoms with E-state index in [0.29, 0.717) is 10.7 Å². The highest BCUT2D eigenvalue weighted by atomic mass is 35.5. The van der Waals surface area contributed by atoms with Crippen LogP contribution in [0.5, 0.6) is 0 Å². The highest BCUT2D eigenvalue weighted by Gasteiger charge is 2.05. The molecule has 3 aromatic rings. The zero-order valence-electron chi connectivity index (χ0n) is 10.5. The van der Waals surface area contributed by atoms with E-state index in [1.54, 1.807) is 6.07 Å². The molecule has 1 aromatic heterocycles. The maximum Gasteiger partial charge on any atom is 0.0705 e. The Bertz CT molecular complexity index is 766. The van der Waals surface area contributed by atoms with Gasteiger partial charge in [-0.15, -0.1) is 0 Å². The quantitative estimate of drug-likeness (QED) is 0.663. The normalized spacial score (nSPS) is 10.8. The summed E-state index contributed by atoms with van der Waals surface area (Å²) < 4.78 is 0. The van der Waals surface area contributed by atoms with Gasteiger partial charge in [0.05, 0.1) is 5.52 Å². The molecule has 0 radical (unpaired) electrons. The predicted octanol–water partition coefficient (Wildman–Crippen LogP) is 4.45. The second-order valence-electron chi connectivity index (χ2n) is 4.59. The number of nitrogens with two attached hydrogens (primary N) is 1. The fourth-order valence-corrected chi connectivity index (χ4v) is 2.37. The van der Waals surface area contributed by atoms with Gasteiger partial charge in [0.2, 0.25) is 0 Å². The first-order valence-electron chi connectivity index (χ1n) is 6.06. The van der Waals surface area contributed by atoms with E-state index in [1.165, 1.54) is 0 Å². The molecule has 3 rings (SSSR count). The summed E-state index contributed by atoms with van der Waals surface area (Å²) in [6, 6.07) is 15.8. The lowest BCUT2D eigenvalue weighted by Gasteiger charge is -2.08. The van der Waals surface area contributed by atoms with Crippen LogP contribution in [0.15, 0.2) is 48.5 Å². The number of anilines is 1. The van der Waals surface area contributed by atoms with Crippen molar-refractivity contribution in [1.82, 2.24) is 4.98 Å². The molecule has 2 nitrogen and oxygen atoms in total. The maximum atomic E-state index is 6.02. The zero-order valence-corrected chi connectivity index (χ0v) is 11.3. The van der Waals surface area contributed by atoms with Crippen molar-refractivity contribution in [2.45, 2.75) is 6.92 Å². The van der Waals surface area contributed by atoms with E-state index in [9.17, 15) is 0 Å². The van der Waals surface area contributed by atoms with Gasteiger partial charge in [0, 0.05) is 27.4 Å². The molecule has 1 heterocycles. The third-order valence-electron chi connectivity index (χ3n) is 3.15. The summed E-state index contributed by atoms with van der Waals surface area (Å²) in [5.41, 5.74) is 10.8. The number of benzene rings is 2. The predicted molar refractivity (Wildman–Crippen MR) is 81.3 cm³/mol. The lowest BCUT2D eigenvalue weighted by Crippen LogP contribution is -1.90. The van der Waals surface area contributed by atoms with Crippen LogP contribution < -0.4 is 5.73 Å². The minimum absolute atomic E-state index is 0.652. The molecule has 0 unspecified atom stereocenters. The zero-order chi connectivity index (χ0) is 13.4. The summed E-state index contributed by atoms with van der Waals surface area (Å²) in [5, 5.41) is 1.76. The van der Waals surface area contributed by atoms with Crippen LogP contribution in [0, 0.1) is 6.92 Å². The molecular formula is C16H13ClN2. The lowest BCUT2D eigenvalue weighted by molar-refractivity contribution is 1.26. The molecule has 0 aliphatic heterocycles. The fraction of sp³-hybridized carbons (Fsp3) is 0.0625. The second kappa shape index (κ2) is 4.56. The number of fused-ring (bicyclic) bond motifs is 1. The first-order valence-corrected chi connectivity index (χ1v) is 6.44. The van der Waals surface area contributed by atoms with Crippen molar-refractivity contribution in [2.75, 3.05) is 5.73 Å². The highest BCUT2D eigenvalue weighted by molar-refractivity contribution is 6.31. The van der Waals surface area contributed by atoms with E-state index in [1.807, 2.05) is 37.3 Å². The summed E-state index contributed by atoms with van der Waals surface area (Å²) in [6.45, 7) is 1.99. The summed E-state index contributed by atoms with van der Waals surface area (Å²) in [5.74, 6) is 0. The standard InChI is InChI=1S/C16H13ClN2/c1-10-2-3-12-8-11(4-7-16(12)19-10)14-6-5-13(17)9-15(14)18/h2-9H,18H2,1H3. The first-order chi connectivity index (χ1) is 9.13. The summed E-state index contributed by atoms with van der Waals surface area (Å²) in [4.78, 5) is 4.49. The van der Waals surface area contributed by atoms with Crippen LogP contribution in [0.25, 0.3) is 22.0 Å². The van der Waals surface area contributed by atoms with Crippen LogP contribution in [-0.2, 0) is 0 Å². The van der Waals surface area contributed by atoms with Gasteiger partial charge in [-0.2, -0.15) is 0 Å². The van der Waals surface area contributed by atoms with Gasteiger partial charge in [-0.05, 0) is 42.8 Å². The molecule has 0 fully saturated rings. The molecule has 2 aromatic carbocycles. The third kappa shape index (κ3) is 2.27. The van der Waals surface area contributed by atoms with Crippen LogP contribution in [0.1, 0.15) is 5.69 Å². The van der Waals surface area contributed by atoms with E-state index >= 15 is 0 Å². The van der Waals surface area contributed by atoms with Crippen molar-refractivity contribution in [2.24, 2.45) is 0 Å². The van der Waals surface area contributed by atoms with E-state index in [2.05, 4.69) is 17.1 Å². The molecule has 0 spiro atoms. The Balaban J connectivity index is 2.17. The summed E-state index contributed by atoms with van der Waals surface area (Å²) in [7, 11) is 0. The van der Waals surface area contributed by atoms with Crippen molar-refractivity contribution in [3.63, 3.8) is 0 Å². The van der Waals surface area contributed by atoms with E-state index in [4.69, 9.17) is 17.3 Å². The number of aromatic nitrogens is 1. The van der Waals surface area contributed by atoms with Crippen molar-refractivity contribution >= 4 is 28.2 Å². The number of aryl methyl sites for hydroxylation is 1. The van der Waals surface area contributed by atoms with Crippen LogP contribution in [0.2, 0.25) is 5.02 Å². The molecular weight excluding hydrogens is 256 g/mol. The van der Waals surface area contributed by atoms with Gasteiger partial charge in [0.1, 0.15) is 0 Å². The number of hydrogen-bond donors (Lipinski definition) is 1. The monoisotopic (exact) mass is 268 g/mol. The van der Waals surface area contributed by atoms with Crippen molar-refractivity contribution in [3.8, 4) is 11.1 Å². The lowest BCUT2D eigenvalue weighted by atomic mass is 10.0. The summed E-state index contributed by atoms with van der Waals surface area (Å²) in [6.07, 6.45) is 0.